The van der Waals surface area contributed by atoms with Crippen LogP contribution in [-0.2, 0) is 14.3 Å². The second-order valence-electron chi connectivity index (χ2n) is 3.65. The predicted molar refractivity (Wildman–Crippen MR) is 51.0 cm³/mol. The summed E-state index contributed by atoms with van der Waals surface area (Å²) in [5.41, 5.74) is 0. The summed E-state index contributed by atoms with van der Waals surface area (Å²) in [7, 11) is 1.44. The maximum Gasteiger partial charge on any atom is 0.217 e. The molecule has 0 radical (unpaired) electrons. The van der Waals surface area contributed by atoms with Crippen LogP contribution < -0.4 is 5.32 Å². The average molecular weight is 219 g/mol. The van der Waals surface area contributed by atoms with Gasteiger partial charge in [-0.2, -0.15) is 0 Å². The van der Waals surface area contributed by atoms with E-state index in [-0.39, 0.29) is 5.91 Å². The van der Waals surface area contributed by atoms with E-state index < -0.39 is 30.6 Å². The summed E-state index contributed by atoms with van der Waals surface area (Å²) in [4.78, 5) is 10.8. The number of ether oxygens (including phenoxy) is 2. The highest BCUT2D eigenvalue weighted by atomic mass is 16.6. The lowest BCUT2D eigenvalue weighted by molar-refractivity contribution is -0.247. The van der Waals surface area contributed by atoms with Crippen LogP contribution in [0.4, 0.5) is 0 Å². The zero-order chi connectivity index (χ0) is 11.6. The first-order valence-corrected chi connectivity index (χ1v) is 4.79. The molecule has 1 saturated heterocycles. The number of hydrogen-bond donors (Lipinski definition) is 3. The number of aliphatic hydroxyl groups is 2. The zero-order valence-corrected chi connectivity index (χ0v) is 9.01. The van der Waals surface area contributed by atoms with Crippen molar-refractivity contribution in [3.63, 3.8) is 0 Å². The lowest BCUT2D eigenvalue weighted by atomic mass is 9.97. The molecule has 0 aromatic rings. The SMILES string of the molecule is COC1C(C)OC(O)C(NC(C)=O)C1O. The van der Waals surface area contributed by atoms with Crippen molar-refractivity contribution in [3.05, 3.63) is 0 Å². The Morgan fingerprint density at radius 2 is 2.07 bits per heavy atom. The van der Waals surface area contributed by atoms with Crippen molar-refractivity contribution in [1.29, 1.82) is 0 Å². The quantitative estimate of drug-likeness (QED) is 0.532. The maximum absolute atomic E-state index is 10.8. The van der Waals surface area contributed by atoms with E-state index in [0.29, 0.717) is 0 Å². The van der Waals surface area contributed by atoms with Crippen LogP contribution in [0.25, 0.3) is 0 Å². The fourth-order valence-corrected chi connectivity index (χ4v) is 1.76. The second-order valence-corrected chi connectivity index (χ2v) is 3.65. The Hall–Kier alpha value is -0.690. The third-order valence-electron chi connectivity index (χ3n) is 2.47. The summed E-state index contributed by atoms with van der Waals surface area (Å²) < 4.78 is 10.2. The van der Waals surface area contributed by atoms with Crippen molar-refractivity contribution in [2.45, 2.75) is 44.5 Å². The summed E-state index contributed by atoms with van der Waals surface area (Å²) in [5.74, 6) is -0.342. The highest BCUT2D eigenvalue weighted by Crippen LogP contribution is 2.21. The average Bonchev–Trinajstić information content (AvgIpc) is 2.12. The molecule has 1 amide bonds. The Labute approximate surface area is 88.2 Å². The fraction of sp³-hybridized carbons (Fsp3) is 0.889. The van der Waals surface area contributed by atoms with E-state index in [2.05, 4.69) is 5.32 Å². The van der Waals surface area contributed by atoms with Crippen LogP contribution in [0.15, 0.2) is 0 Å². The van der Waals surface area contributed by atoms with Gasteiger partial charge in [0.15, 0.2) is 6.29 Å². The highest BCUT2D eigenvalue weighted by molar-refractivity contribution is 5.73. The minimum Gasteiger partial charge on any atom is -0.388 e. The number of amides is 1. The standard InChI is InChI=1S/C9H17NO5/c1-4-8(14-3)7(12)6(9(13)15-4)10-5(2)11/h4,6-9,12-13H,1-3H3,(H,10,11). The molecule has 0 spiro atoms. The van der Waals surface area contributed by atoms with E-state index in [4.69, 9.17) is 9.47 Å². The van der Waals surface area contributed by atoms with Gasteiger partial charge in [-0.3, -0.25) is 4.79 Å². The number of hydrogen-bond acceptors (Lipinski definition) is 5. The first-order chi connectivity index (χ1) is 6.97. The van der Waals surface area contributed by atoms with Crippen LogP contribution in [0.2, 0.25) is 0 Å². The molecule has 15 heavy (non-hydrogen) atoms. The van der Waals surface area contributed by atoms with Gasteiger partial charge in [0, 0.05) is 14.0 Å². The predicted octanol–water partition coefficient (Wildman–Crippen LogP) is -1.40. The van der Waals surface area contributed by atoms with Crippen LogP contribution >= 0.6 is 0 Å². The van der Waals surface area contributed by atoms with E-state index in [1.807, 2.05) is 0 Å². The first kappa shape index (κ1) is 12.4. The number of methoxy groups -OCH3 is 1. The summed E-state index contributed by atoms with van der Waals surface area (Å²) in [5, 5.41) is 21.8. The minimum atomic E-state index is -1.22. The van der Waals surface area contributed by atoms with Crippen molar-refractivity contribution in [2.75, 3.05) is 7.11 Å². The monoisotopic (exact) mass is 219 g/mol. The van der Waals surface area contributed by atoms with Crippen molar-refractivity contribution < 1.29 is 24.5 Å². The molecule has 0 saturated carbocycles. The van der Waals surface area contributed by atoms with Gasteiger partial charge in [0.1, 0.15) is 18.2 Å². The van der Waals surface area contributed by atoms with Gasteiger partial charge < -0.3 is 25.0 Å². The summed E-state index contributed by atoms with van der Waals surface area (Å²) in [6.45, 7) is 2.99. The van der Waals surface area contributed by atoms with Crippen LogP contribution in [0.1, 0.15) is 13.8 Å². The molecule has 5 atom stereocenters. The molecule has 1 aliphatic rings. The summed E-state index contributed by atoms with van der Waals surface area (Å²) in [6.07, 6.45) is -3.20. The minimum absolute atomic E-state index is 0.342. The maximum atomic E-state index is 10.8. The molecule has 0 bridgehead atoms. The third-order valence-corrected chi connectivity index (χ3v) is 2.47. The third kappa shape index (κ3) is 2.66. The van der Waals surface area contributed by atoms with Crippen molar-refractivity contribution in [2.24, 2.45) is 0 Å². The fourth-order valence-electron chi connectivity index (χ4n) is 1.76. The van der Waals surface area contributed by atoms with E-state index >= 15 is 0 Å². The lowest BCUT2D eigenvalue weighted by Crippen LogP contribution is -2.63. The smallest absolute Gasteiger partial charge is 0.217 e. The van der Waals surface area contributed by atoms with Gasteiger partial charge in [-0.15, -0.1) is 0 Å². The molecular weight excluding hydrogens is 202 g/mol. The molecule has 0 aromatic carbocycles. The topological polar surface area (TPSA) is 88.0 Å². The first-order valence-electron chi connectivity index (χ1n) is 4.79. The molecule has 6 nitrogen and oxygen atoms in total. The van der Waals surface area contributed by atoms with Crippen LogP contribution in [0.3, 0.4) is 0 Å². The number of carbonyl (C=O) groups excluding carboxylic acids is 1. The Balaban J connectivity index is 2.73. The number of nitrogens with one attached hydrogen (secondary N) is 1. The Bertz CT molecular complexity index is 235. The van der Waals surface area contributed by atoms with Crippen LogP contribution in [0.5, 0.6) is 0 Å². The molecular formula is C9H17NO5. The van der Waals surface area contributed by atoms with Gasteiger partial charge in [-0.25, -0.2) is 0 Å². The molecule has 0 aromatic heterocycles. The second kappa shape index (κ2) is 4.89. The van der Waals surface area contributed by atoms with Gasteiger partial charge in [0.2, 0.25) is 5.91 Å². The number of carbonyl (C=O) groups is 1. The Morgan fingerprint density at radius 1 is 1.47 bits per heavy atom. The van der Waals surface area contributed by atoms with Gasteiger partial charge >= 0.3 is 0 Å². The summed E-state index contributed by atoms with van der Waals surface area (Å²) >= 11 is 0. The molecule has 1 aliphatic heterocycles. The van der Waals surface area contributed by atoms with Gasteiger partial charge in [0.05, 0.1) is 6.10 Å². The van der Waals surface area contributed by atoms with Crippen LogP contribution in [0, 0.1) is 0 Å². The molecule has 5 unspecified atom stereocenters. The van der Waals surface area contributed by atoms with Crippen molar-refractivity contribution >= 4 is 5.91 Å². The van der Waals surface area contributed by atoms with Gasteiger partial charge in [-0.1, -0.05) is 0 Å². The highest BCUT2D eigenvalue weighted by Gasteiger charge is 2.43. The Morgan fingerprint density at radius 3 is 2.53 bits per heavy atom. The Kier molecular flexibility index (Phi) is 4.04. The molecule has 88 valence electrons. The largest absolute Gasteiger partial charge is 0.388 e. The molecule has 6 heteroatoms. The van der Waals surface area contributed by atoms with E-state index in [1.165, 1.54) is 14.0 Å². The molecule has 1 rings (SSSR count). The van der Waals surface area contributed by atoms with E-state index in [0.717, 1.165) is 0 Å². The molecule has 3 N–H and O–H groups in total. The number of rotatable bonds is 2. The zero-order valence-electron chi connectivity index (χ0n) is 9.01. The van der Waals surface area contributed by atoms with E-state index in [1.54, 1.807) is 6.92 Å². The molecule has 1 heterocycles. The van der Waals surface area contributed by atoms with E-state index in [9.17, 15) is 15.0 Å². The van der Waals surface area contributed by atoms with Crippen LogP contribution in [-0.4, -0.2) is 53.9 Å². The summed E-state index contributed by atoms with van der Waals surface area (Å²) in [6, 6.07) is -0.858. The number of aliphatic hydroxyl groups excluding tert-OH is 2. The normalized spacial score (nSPS) is 41.3. The van der Waals surface area contributed by atoms with Crippen molar-refractivity contribution in [1.82, 2.24) is 5.32 Å². The lowest BCUT2D eigenvalue weighted by Gasteiger charge is -2.41. The van der Waals surface area contributed by atoms with Gasteiger partial charge in [-0.05, 0) is 6.92 Å². The van der Waals surface area contributed by atoms with Crippen molar-refractivity contribution in [3.8, 4) is 0 Å². The molecule has 1 fully saturated rings. The van der Waals surface area contributed by atoms with Gasteiger partial charge in [0.25, 0.3) is 0 Å². The molecule has 0 aliphatic carbocycles.